The maximum atomic E-state index is 5.68. The second kappa shape index (κ2) is 6.87. The van der Waals surface area contributed by atoms with Crippen molar-refractivity contribution in [1.29, 1.82) is 0 Å². The van der Waals surface area contributed by atoms with Gasteiger partial charge in [0.1, 0.15) is 5.82 Å². The highest BCUT2D eigenvalue weighted by atomic mass is 15.2. The van der Waals surface area contributed by atoms with E-state index in [0.29, 0.717) is 6.54 Å². The monoisotopic (exact) mass is 262 g/mol. The summed E-state index contributed by atoms with van der Waals surface area (Å²) >= 11 is 0. The molecule has 4 nitrogen and oxygen atoms in total. The van der Waals surface area contributed by atoms with E-state index in [9.17, 15) is 0 Å². The summed E-state index contributed by atoms with van der Waals surface area (Å²) in [7, 11) is 4.36. The molecule has 1 fully saturated rings. The largest absolute Gasteiger partial charge is 0.359 e. The third-order valence-corrected chi connectivity index (χ3v) is 4.01. The molecule has 0 saturated carbocycles. The summed E-state index contributed by atoms with van der Waals surface area (Å²) in [4.78, 5) is 9.26. The summed E-state index contributed by atoms with van der Waals surface area (Å²) in [5, 5.41) is 0. The summed E-state index contributed by atoms with van der Waals surface area (Å²) < 4.78 is 0. The molecule has 1 saturated heterocycles. The van der Waals surface area contributed by atoms with Crippen LogP contribution < -0.4 is 10.6 Å². The second-order valence-electron chi connectivity index (χ2n) is 5.65. The molecule has 19 heavy (non-hydrogen) atoms. The number of hydrogen-bond donors (Lipinski definition) is 1. The molecule has 2 N–H and O–H groups in total. The highest BCUT2D eigenvalue weighted by Crippen LogP contribution is 2.21. The lowest BCUT2D eigenvalue weighted by Gasteiger charge is -2.32. The van der Waals surface area contributed by atoms with Gasteiger partial charge in [-0.2, -0.15) is 0 Å². The van der Waals surface area contributed by atoms with Crippen LogP contribution in [0.25, 0.3) is 0 Å². The maximum absolute atomic E-state index is 5.68. The third-order valence-electron chi connectivity index (χ3n) is 4.01. The van der Waals surface area contributed by atoms with E-state index in [1.165, 1.54) is 31.5 Å². The van der Waals surface area contributed by atoms with Gasteiger partial charge in [0.25, 0.3) is 0 Å². The smallest absolute Gasteiger partial charge is 0.131 e. The fourth-order valence-electron chi connectivity index (χ4n) is 2.84. The van der Waals surface area contributed by atoms with Crippen LogP contribution in [-0.2, 0) is 6.42 Å². The number of nitrogens with zero attached hydrogens (tertiary/aromatic N) is 3. The van der Waals surface area contributed by atoms with Crippen molar-refractivity contribution in [2.24, 2.45) is 11.7 Å². The topological polar surface area (TPSA) is 45.4 Å². The van der Waals surface area contributed by atoms with Gasteiger partial charge in [0.2, 0.25) is 0 Å². The Kier molecular flexibility index (Phi) is 5.16. The van der Waals surface area contributed by atoms with Crippen LogP contribution in [0.1, 0.15) is 18.4 Å². The van der Waals surface area contributed by atoms with Crippen molar-refractivity contribution in [2.45, 2.75) is 19.3 Å². The number of pyridine rings is 1. The Bertz CT molecular complexity index is 385. The van der Waals surface area contributed by atoms with E-state index in [4.69, 9.17) is 5.73 Å². The average Bonchev–Trinajstić information content (AvgIpc) is 2.42. The first-order valence-corrected chi connectivity index (χ1v) is 7.24. The first-order valence-electron chi connectivity index (χ1n) is 7.24. The minimum atomic E-state index is 0.681. The third kappa shape index (κ3) is 3.91. The lowest BCUT2D eigenvalue weighted by Crippen LogP contribution is -2.36. The number of likely N-dealkylation sites (tertiary alicyclic amines) is 1. The Morgan fingerprint density at radius 1 is 1.42 bits per heavy atom. The molecular weight excluding hydrogens is 236 g/mol. The molecular formula is C15H26N4. The fraction of sp³-hybridized carbons (Fsp3) is 0.667. The Morgan fingerprint density at radius 3 is 2.84 bits per heavy atom. The summed E-state index contributed by atoms with van der Waals surface area (Å²) in [5.74, 6) is 1.89. The molecule has 0 amide bonds. The van der Waals surface area contributed by atoms with Crippen LogP contribution in [0, 0.1) is 5.92 Å². The molecule has 1 aliphatic heterocycles. The Hall–Kier alpha value is -1.13. The van der Waals surface area contributed by atoms with Gasteiger partial charge in [0, 0.05) is 19.8 Å². The van der Waals surface area contributed by atoms with E-state index in [1.807, 2.05) is 12.3 Å². The zero-order valence-corrected chi connectivity index (χ0v) is 12.2. The Labute approximate surface area is 116 Å². The van der Waals surface area contributed by atoms with Crippen molar-refractivity contribution in [3.63, 3.8) is 0 Å². The van der Waals surface area contributed by atoms with E-state index in [-0.39, 0.29) is 0 Å². The molecule has 0 aromatic carbocycles. The molecule has 1 aromatic heterocycles. The van der Waals surface area contributed by atoms with Crippen LogP contribution in [0.15, 0.2) is 18.3 Å². The predicted octanol–water partition coefficient (Wildman–Crippen LogP) is 1.36. The van der Waals surface area contributed by atoms with Crippen molar-refractivity contribution >= 4 is 5.82 Å². The van der Waals surface area contributed by atoms with Gasteiger partial charge in [-0.25, -0.2) is 4.98 Å². The van der Waals surface area contributed by atoms with E-state index in [1.54, 1.807) is 0 Å². The molecule has 0 aliphatic carbocycles. The van der Waals surface area contributed by atoms with Crippen LogP contribution in [0.5, 0.6) is 0 Å². The number of aromatic nitrogens is 1. The van der Waals surface area contributed by atoms with Gasteiger partial charge in [-0.3, -0.25) is 0 Å². The van der Waals surface area contributed by atoms with E-state index >= 15 is 0 Å². The van der Waals surface area contributed by atoms with Gasteiger partial charge >= 0.3 is 0 Å². The van der Waals surface area contributed by atoms with E-state index in [0.717, 1.165) is 24.7 Å². The van der Waals surface area contributed by atoms with Gasteiger partial charge in [0.05, 0.1) is 0 Å². The zero-order valence-electron chi connectivity index (χ0n) is 12.2. The van der Waals surface area contributed by atoms with Crippen LogP contribution >= 0.6 is 0 Å². The first-order chi connectivity index (χ1) is 9.20. The average molecular weight is 262 g/mol. The number of anilines is 1. The molecule has 106 valence electrons. The SMILES string of the molecule is CN1CCC(CN(C)c2ncccc2CCN)CC1. The van der Waals surface area contributed by atoms with Crippen molar-refractivity contribution in [3.8, 4) is 0 Å². The molecule has 0 spiro atoms. The minimum Gasteiger partial charge on any atom is -0.359 e. The van der Waals surface area contributed by atoms with Crippen LogP contribution in [0.4, 0.5) is 5.82 Å². The second-order valence-corrected chi connectivity index (χ2v) is 5.65. The number of rotatable bonds is 5. The van der Waals surface area contributed by atoms with Gasteiger partial charge in [-0.05, 0) is 63.5 Å². The predicted molar refractivity (Wildman–Crippen MR) is 80.5 cm³/mol. The van der Waals surface area contributed by atoms with E-state index < -0.39 is 0 Å². The molecule has 2 rings (SSSR count). The van der Waals surface area contributed by atoms with Gasteiger partial charge in [-0.15, -0.1) is 0 Å². The molecule has 2 heterocycles. The highest BCUT2D eigenvalue weighted by Gasteiger charge is 2.19. The molecule has 4 heteroatoms. The van der Waals surface area contributed by atoms with Gasteiger partial charge in [-0.1, -0.05) is 6.07 Å². The minimum absolute atomic E-state index is 0.681. The van der Waals surface area contributed by atoms with Crippen molar-refractivity contribution in [2.75, 3.05) is 45.2 Å². The van der Waals surface area contributed by atoms with Crippen molar-refractivity contribution < 1.29 is 0 Å². The molecule has 0 radical (unpaired) electrons. The normalized spacial score (nSPS) is 17.6. The Morgan fingerprint density at radius 2 is 2.16 bits per heavy atom. The lowest BCUT2D eigenvalue weighted by atomic mass is 9.96. The quantitative estimate of drug-likeness (QED) is 0.870. The van der Waals surface area contributed by atoms with Gasteiger partial charge in [0.15, 0.2) is 0 Å². The van der Waals surface area contributed by atoms with Crippen molar-refractivity contribution in [3.05, 3.63) is 23.9 Å². The van der Waals surface area contributed by atoms with Crippen LogP contribution in [0.2, 0.25) is 0 Å². The van der Waals surface area contributed by atoms with Crippen LogP contribution in [0.3, 0.4) is 0 Å². The summed E-state index contributed by atoms with van der Waals surface area (Å²) in [6, 6.07) is 4.14. The van der Waals surface area contributed by atoms with Crippen molar-refractivity contribution in [1.82, 2.24) is 9.88 Å². The molecule has 0 unspecified atom stereocenters. The van der Waals surface area contributed by atoms with Gasteiger partial charge < -0.3 is 15.5 Å². The summed E-state index contributed by atoms with van der Waals surface area (Å²) in [6.07, 6.45) is 5.36. The maximum Gasteiger partial charge on any atom is 0.131 e. The number of piperidine rings is 1. The molecule has 1 aromatic rings. The fourth-order valence-corrected chi connectivity index (χ4v) is 2.84. The standard InChI is InChI=1S/C15H26N4/c1-18-10-6-13(7-11-18)12-19(2)15-14(5-8-16)4-3-9-17-15/h3-4,9,13H,5-8,10-12,16H2,1-2H3. The summed E-state index contributed by atoms with van der Waals surface area (Å²) in [5.41, 5.74) is 6.94. The van der Waals surface area contributed by atoms with E-state index in [2.05, 4.69) is 34.9 Å². The molecule has 0 bridgehead atoms. The lowest BCUT2D eigenvalue weighted by molar-refractivity contribution is 0.222. The number of nitrogens with two attached hydrogens (primary N) is 1. The first kappa shape index (κ1) is 14.3. The highest BCUT2D eigenvalue weighted by molar-refractivity contribution is 5.46. The Balaban J connectivity index is 1.97. The van der Waals surface area contributed by atoms with Crippen LogP contribution in [-0.4, -0.2) is 50.2 Å². The molecule has 1 aliphatic rings. The summed E-state index contributed by atoms with van der Waals surface area (Å²) in [6.45, 7) is 4.22. The molecule has 0 atom stereocenters. The zero-order chi connectivity index (χ0) is 13.7. The number of hydrogen-bond acceptors (Lipinski definition) is 4.